The first-order chi connectivity index (χ1) is 13.0. The summed E-state index contributed by atoms with van der Waals surface area (Å²) in [7, 11) is -1.13. The maximum atomic E-state index is 12.2. The van der Waals surface area contributed by atoms with E-state index in [-0.39, 0.29) is 35.5 Å². The summed E-state index contributed by atoms with van der Waals surface area (Å²) in [6, 6.07) is 9.31. The summed E-state index contributed by atoms with van der Waals surface area (Å²) in [5.74, 6) is 1.82. The van der Waals surface area contributed by atoms with Crippen molar-refractivity contribution in [3.05, 3.63) is 35.9 Å². The van der Waals surface area contributed by atoms with E-state index >= 15 is 0 Å². The number of ether oxygens (including phenoxy) is 1. The highest BCUT2D eigenvalue weighted by Gasteiger charge is 2.21. The minimum absolute atomic E-state index is 0. The summed E-state index contributed by atoms with van der Waals surface area (Å²) in [4.78, 5) is 6.60. The Morgan fingerprint density at radius 1 is 1.29 bits per heavy atom. The Hall–Kier alpha value is -0.870. The number of benzene rings is 1. The third-order valence-corrected chi connectivity index (χ3v) is 6.11. The first-order valence-corrected chi connectivity index (χ1v) is 11.6. The number of nitrogens with one attached hydrogen (secondary N) is 1. The van der Waals surface area contributed by atoms with Crippen molar-refractivity contribution in [3.63, 3.8) is 0 Å². The van der Waals surface area contributed by atoms with E-state index in [9.17, 15) is 8.42 Å². The maximum Gasteiger partial charge on any atom is 0.193 e. The Kier molecular flexibility index (Phi) is 12.0. The fraction of sp³-hybridized carbons (Fsp3) is 0.650. The molecule has 160 valence electrons. The summed E-state index contributed by atoms with van der Waals surface area (Å²) >= 11 is 0. The fourth-order valence-electron chi connectivity index (χ4n) is 2.68. The SMILES string of the molecule is CCNC(=NCCCS(=O)(=O)Cc1ccccc1)N(C)CCOCC1CC1.I. The van der Waals surface area contributed by atoms with Crippen LogP contribution in [-0.2, 0) is 20.3 Å². The molecule has 1 N–H and O–H groups in total. The second kappa shape index (κ2) is 13.4. The van der Waals surface area contributed by atoms with Crippen LogP contribution in [0.1, 0.15) is 31.7 Å². The molecule has 28 heavy (non-hydrogen) atoms. The molecule has 0 bridgehead atoms. The van der Waals surface area contributed by atoms with Gasteiger partial charge in [-0.2, -0.15) is 0 Å². The predicted molar refractivity (Wildman–Crippen MR) is 126 cm³/mol. The van der Waals surface area contributed by atoms with Gasteiger partial charge in [-0.3, -0.25) is 4.99 Å². The van der Waals surface area contributed by atoms with Gasteiger partial charge in [0, 0.05) is 33.3 Å². The second-order valence-electron chi connectivity index (χ2n) is 7.11. The molecule has 0 radical (unpaired) electrons. The van der Waals surface area contributed by atoms with Crippen LogP contribution in [0.4, 0.5) is 0 Å². The normalized spacial score (nSPS) is 14.4. The molecule has 8 heteroatoms. The molecular formula is C20H34IN3O3S. The molecule has 1 saturated carbocycles. The van der Waals surface area contributed by atoms with E-state index in [1.807, 2.05) is 49.2 Å². The fourth-order valence-corrected chi connectivity index (χ4v) is 4.09. The van der Waals surface area contributed by atoms with Crippen LogP contribution >= 0.6 is 24.0 Å². The summed E-state index contributed by atoms with van der Waals surface area (Å²) in [5.41, 5.74) is 0.834. The number of likely N-dealkylation sites (N-methyl/N-ethyl adjacent to an activating group) is 1. The van der Waals surface area contributed by atoms with Gasteiger partial charge in [0.25, 0.3) is 0 Å². The van der Waals surface area contributed by atoms with Crippen molar-refractivity contribution in [2.75, 3.05) is 45.6 Å². The highest BCUT2D eigenvalue weighted by molar-refractivity contribution is 14.0. The number of guanidine groups is 1. The average molecular weight is 523 g/mol. The van der Waals surface area contributed by atoms with Crippen molar-refractivity contribution in [3.8, 4) is 0 Å². The number of hydrogen-bond donors (Lipinski definition) is 1. The van der Waals surface area contributed by atoms with E-state index < -0.39 is 9.84 Å². The van der Waals surface area contributed by atoms with Crippen LogP contribution in [0.5, 0.6) is 0 Å². The lowest BCUT2D eigenvalue weighted by Gasteiger charge is -2.22. The van der Waals surface area contributed by atoms with Crippen molar-refractivity contribution in [2.24, 2.45) is 10.9 Å². The monoisotopic (exact) mass is 523 g/mol. The van der Waals surface area contributed by atoms with Crippen LogP contribution < -0.4 is 5.32 Å². The lowest BCUT2D eigenvalue weighted by atomic mass is 10.2. The van der Waals surface area contributed by atoms with Gasteiger partial charge in [-0.25, -0.2) is 8.42 Å². The lowest BCUT2D eigenvalue weighted by molar-refractivity contribution is 0.115. The first-order valence-electron chi connectivity index (χ1n) is 9.81. The number of hydrogen-bond acceptors (Lipinski definition) is 4. The quantitative estimate of drug-likeness (QED) is 0.198. The smallest absolute Gasteiger partial charge is 0.193 e. The van der Waals surface area contributed by atoms with Crippen LogP contribution in [-0.4, -0.2) is 64.9 Å². The molecule has 0 saturated heterocycles. The zero-order valence-corrected chi connectivity index (χ0v) is 20.1. The molecule has 1 aromatic carbocycles. The van der Waals surface area contributed by atoms with Crippen molar-refractivity contribution >= 4 is 39.8 Å². The molecule has 1 aliphatic rings. The molecule has 0 atom stereocenters. The first kappa shape index (κ1) is 25.2. The topological polar surface area (TPSA) is 71.0 Å². The molecule has 1 fully saturated rings. The molecule has 1 aliphatic carbocycles. The van der Waals surface area contributed by atoms with E-state index in [1.54, 1.807) is 0 Å². The molecule has 0 aromatic heterocycles. The number of rotatable bonds is 12. The molecular weight excluding hydrogens is 489 g/mol. The number of halogens is 1. The molecule has 0 heterocycles. The lowest BCUT2D eigenvalue weighted by Crippen LogP contribution is -2.40. The Balaban J connectivity index is 0.00000392. The highest BCUT2D eigenvalue weighted by Crippen LogP contribution is 2.28. The highest BCUT2D eigenvalue weighted by atomic mass is 127. The third-order valence-electron chi connectivity index (χ3n) is 4.42. The van der Waals surface area contributed by atoms with Gasteiger partial charge in [-0.05, 0) is 37.7 Å². The Morgan fingerprint density at radius 3 is 2.64 bits per heavy atom. The average Bonchev–Trinajstić information content (AvgIpc) is 3.46. The molecule has 2 rings (SSSR count). The van der Waals surface area contributed by atoms with Gasteiger partial charge >= 0.3 is 0 Å². The Bertz CT molecular complexity index is 679. The van der Waals surface area contributed by atoms with E-state index in [2.05, 4.69) is 10.3 Å². The molecule has 6 nitrogen and oxygen atoms in total. The van der Waals surface area contributed by atoms with Crippen LogP contribution in [0.15, 0.2) is 35.3 Å². The van der Waals surface area contributed by atoms with E-state index in [4.69, 9.17) is 4.74 Å². The largest absolute Gasteiger partial charge is 0.379 e. The van der Waals surface area contributed by atoms with Gasteiger partial charge < -0.3 is 15.0 Å². The number of nitrogens with zero attached hydrogens (tertiary/aromatic N) is 2. The summed E-state index contributed by atoms with van der Waals surface area (Å²) in [6.07, 6.45) is 3.12. The van der Waals surface area contributed by atoms with Crippen molar-refractivity contribution in [1.29, 1.82) is 0 Å². The van der Waals surface area contributed by atoms with Crippen LogP contribution in [0.3, 0.4) is 0 Å². The second-order valence-corrected chi connectivity index (χ2v) is 9.29. The molecule has 0 aliphatic heterocycles. The number of sulfone groups is 1. The predicted octanol–water partition coefficient (Wildman–Crippen LogP) is 2.93. The van der Waals surface area contributed by atoms with Crippen molar-refractivity contribution in [1.82, 2.24) is 10.2 Å². The number of aliphatic imine (C=N–C) groups is 1. The minimum Gasteiger partial charge on any atom is -0.379 e. The molecule has 0 amide bonds. The van der Waals surface area contributed by atoms with Gasteiger partial charge in [-0.1, -0.05) is 30.3 Å². The van der Waals surface area contributed by atoms with E-state index in [0.29, 0.717) is 19.6 Å². The van der Waals surface area contributed by atoms with Crippen molar-refractivity contribution in [2.45, 2.75) is 31.9 Å². The molecule has 0 unspecified atom stereocenters. The van der Waals surface area contributed by atoms with Gasteiger partial charge in [-0.15, -0.1) is 24.0 Å². The molecule has 0 spiro atoms. The Labute approximate surface area is 187 Å². The standard InChI is InChI=1S/C20H33N3O3S.HI/c1-3-21-20(23(2)13-14-26-16-18-10-11-18)22-12-7-15-27(24,25)17-19-8-5-4-6-9-19;/h4-6,8-9,18H,3,7,10-17H2,1-2H3,(H,21,22);1H. The summed E-state index contributed by atoms with van der Waals surface area (Å²) in [6.45, 7) is 5.60. The van der Waals surface area contributed by atoms with Crippen molar-refractivity contribution < 1.29 is 13.2 Å². The van der Waals surface area contributed by atoms with Gasteiger partial charge in [0.05, 0.1) is 18.1 Å². The van der Waals surface area contributed by atoms with Crippen LogP contribution in [0, 0.1) is 5.92 Å². The summed E-state index contributed by atoms with van der Waals surface area (Å²) < 4.78 is 30.2. The van der Waals surface area contributed by atoms with Gasteiger partial charge in [0.15, 0.2) is 15.8 Å². The zero-order valence-electron chi connectivity index (χ0n) is 17.0. The molecule has 1 aromatic rings. The summed E-state index contributed by atoms with van der Waals surface area (Å²) in [5, 5.41) is 3.25. The van der Waals surface area contributed by atoms with Gasteiger partial charge in [0.1, 0.15) is 0 Å². The minimum atomic E-state index is -3.11. The van der Waals surface area contributed by atoms with Crippen LogP contribution in [0.2, 0.25) is 0 Å². The Morgan fingerprint density at radius 2 is 2.00 bits per heavy atom. The van der Waals surface area contributed by atoms with Gasteiger partial charge in [0.2, 0.25) is 0 Å². The maximum absolute atomic E-state index is 12.2. The third kappa shape index (κ3) is 10.6. The zero-order chi connectivity index (χ0) is 19.5. The van der Waals surface area contributed by atoms with E-state index in [0.717, 1.165) is 37.1 Å². The van der Waals surface area contributed by atoms with Crippen LogP contribution in [0.25, 0.3) is 0 Å². The van der Waals surface area contributed by atoms with E-state index in [1.165, 1.54) is 12.8 Å².